The first-order chi connectivity index (χ1) is 9.56. The van der Waals surface area contributed by atoms with Gasteiger partial charge in [-0.2, -0.15) is 0 Å². The minimum atomic E-state index is -0.272. The van der Waals surface area contributed by atoms with E-state index in [4.69, 9.17) is 14.2 Å². The average Bonchev–Trinajstić information content (AvgIpc) is 2.46. The lowest BCUT2D eigenvalue weighted by atomic mass is 10.0. The van der Waals surface area contributed by atoms with Crippen molar-refractivity contribution < 1.29 is 19.0 Å². The molecule has 1 aromatic carbocycles. The van der Waals surface area contributed by atoms with Crippen LogP contribution < -0.4 is 4.74 Å². The first-order valence-electron chi connectivity index (χ1n) is 6.55. The van der Waals surface area contributed by atoms with E-state index in [-0.39, 0.29) is 18.0 Å². The van der Waals surface area contributed by atoms with E-state index in [2.05, 4.69) is 0 Å². The van der Waals surface area contributed by atoms with Gasteiger partial charge in [-0.15, -0.1) is 0 Å². The molecular weight excluding hydrogens is 256 g/mol. The standard InChI is InChI=1S/C16H22O4/c1-12(11-20-13(2)17)16(19-4)10-7-14-5-8-15(18-3)9-6-14/h5-10,12,16H,11H2,1-4H3/b10-7+/t12-,16-/m0/s1. The molecule has 0 unspecified atom stereocenters. The molecule has 0 fully saturated rings. The Morgan fingerprint density at radius 2 is 1.90 bits per heavy atom. The summed E-state index contributed by atoms with van der Waals surface area (Å²) in [5.74, 6) is 0.651. The summed E-state index contributed by atoms with van der Waals surface area (Å²) in [6.07, 6.45) is 3.85. The average molecular weight is 278 g/mol. The molecule has 20 heavy (non-hydrogen) atoms. The molecule has 0 saturated heterocycles. The number of hydrogen-bond acceptors (Lipinski definition) is 4. The fraction of sp³-hybridized carbons (Fsp3) is 0.438. The summed E-state index contributed by atoms with van der Waals surface area (Å²) < 4.78 is 15.5. The van der Waals surface area contributed by atoms with Gasteiger partial charge in [0.1, 0.15) is 5.75 Å². The van der Waals surface area contributed by atoms with Gasteiger partial charge in [-0.25, -0.2) is 0 Å². The second kappa shape index (κ2) is 8.38. The van der Waals surface area contributed by atoms with Gasteiger partial charge in [-0.05, 0) is 17.7 Å². The zero-order valence-corrected chi connectivity index (χ0v) is 12.5. The van der Waals surface area contributed by atoms with Gasteiger partial charge in [0.25, 0.3) is 0 Å². The molecule has 1 rings (SSSR count). The number of carbonyl (C=O) groups excluding carboxylic acids is 1. The Hall–Kier alpha value is -1.81. The van der Waals surface area contributed by atoms with Crippen LogP contribution in [0.2, 0.25) is 0 Å². The summed E-state index contributed by atoms with van der Waals surface area (Å²) in [4.78, 5) is 10.8. The maximum atomic E-state index is 10.8. The van der Waals surface area contributed by atoms with E-state index in [9.17, 15) is 4.79 Å². The van der Waals surface area contributed by atoms with Crippen LogP contribution in [0, 0.1) is 5.92 Å². The lowest BCUT2D eigenvalue weighted by Gasteiger charge is -2.19. The van der Waals surface area contributed by atoms with Crippen LogP contribution in [0.5, 0.6) is 5.75 Å². The monoisotopic (exact) mass is 278 g/mol. The highest BCUT2D eigenvalue weighted by molar-refractivity contribution is 5.65. The van der Waals surface area contributed by atoms with E-state index in [0.717, 1.165) is 11.3 Å². The Bertz CT molecular complexity index is 436. The SMILES string of the molecule is COc1ccc(/C=C/[C@H](OC)[C@@H](C)COC(C)=O)cc1. The second-order valence-electron chi connectivity index (χ2n) is 4.61. The van der Waals surface area contributed by atoms with Crippen molar-refractivity contribution in [3.8, 4) is 5.75 Å². The number of hydrogen-bond donors (Lipinski definition) is 0. The normalized spacial score (nSPS) is 14.0. The van der Waals surface area contributed by atoms with E-state index < -0.39 is 0 Å². The van der Waals surface area contributed by atoms with E-state index >= 15 is 0 Å². The van der Waals surface area contributed by atoms with Crippen molar-refractivity contribution in [2.75, 3.05) is 20.8 Å². The van der Waals surface area contributed by atoms with Crippen LogP contribution in [0.25, 0.3) is 6.08 Å². The first kappa shape index (κ1) is 16.2. The van der Waals surface area contributed by atoms with Crippen LogP contribution in [0.1, 0.15) is 19.4 Å². The predicted molar refractivity (Wildman–Crippen MR) is 78.6 cm³/mol. The molecule has 0 aliphatic heterocycles. The molecule has 2 atom stereocenters. The molecule has 0 N–H and O–H groups in total. The largest absolute Gasteiger partial charge is 0.497 e. The zero-order chi connectivity index (χ0) is 15.0. The molecule has 0 aliphatic rings. The van der Waals surface area contributed by atoms with Crippen LogP contribution in [0.15, 0.2) is 30.3 Å². The van der Waals surface area contributed by atoms with Gasteiger partial charge in [0.15, 0.2) is 0 Å². The third kappa shape index (κ3) is 5.45. The fourth-order valence-corrected chi connectivity index (χ4v) is 1.77. The van der Waals surface area contributed by atoms with Crippen molar-refractivity contribution in [3.05, 3.63) is 35.9 Å². The molecular formula is C16H22O4. The Morgan fingerprint density at radius 3 is 2.40 bits per heavy atom. The molecule has 0 amide bonds. The highest BCUT2D eigenvalue weighted by Gasteiger charge is 2.14. The smallest absolute Gasteiger partial charge is 0.302 e. The quantitative estimate of drug-likeness (QED) is 0.719. The van der Waals surface area contributed by atoms with Gasteiger partial charge in [0.05, 0.1) is 19.8 Å². The molecule has 0 radical (unpaired) electrons. The third-order valence-corrected chi connectivity index (χ3v) is 2.98. The maximum Gasteiger partial charge on any atom is 0.302 e. The highest BCUT2D eigenvalue weighted by atomic mass is 16.5. The Morgan fingerprint density at radius 1 is 1.25 bits per heavy atom. The molecule has 4 nitrogen and oxygen atoms in total. The summed E-state index contributed by atoms with van der Waals surface area (Å²) in [5.41, 5.74) is 1.06. The van der Waals surface area contributed by atoms with Crippen LogP contribution in [-0.4, -0.2) is 32.9 Å². The Balaban J connectivity index is 2.61. The van der Waals surface area contributed by atoms with Crippen LogP contribution >= 0.6 is 0 Å². The summed E-state index contributed by atoms with van der Waals surface area (Å²) in [6, 6.07) is 7.76. The van der Waals surface area contributed by atoms with Crippen molar-refractivity contribution in [1.82, 2.24) is 0 Å². The highest BCUT2D eigenvalue weighted by Crippen LogP contribution is 2.15. The van der Waals surface area contributed by atoms with Gasteiger partial charge in [-0.3, -0.25) is 4.79 Å². The lowest BCUT2D eigenvalue weighted by molar-refractivity contribution is -0.143. The van der Waals surface area contributed by atoms with Gasteiger partial charge >= 0.3 is 5.97 Å². The molecule has 0 bridgehead atoms. The molecule has 0 heterocycles. The van der Waals surface area contributed by atoms with E-state index in [1.807, 2.05) is 43.3 Å². The van der Waals surface area contributed by atoms with Gasteiger partial charge in [0.2, 0.25) is 0 Å². The van der Waals surface area contributed by atoms with Gasteiger partial charge in [-0.1, -0.05) is 31.2 Å². The van der Waals surface area contributed by atoms with Crippen LogP contribution in [0.3, 0.4) is 0 Å². The molecule has 0 spiro atoms. The fourth-order valence-electron chi connectivity index (χ4n) is 1.77. The van der Waals surface area contributed by atoms with Crippen LogP contribution in [-0.2, 0) is 14.3 Å². The summed E-state index contributed by atoms with van der Waals surface area (Å²) in [6.45, 7) is 3.73. The topological polar surface area (TPSA) is 44.8 Å². The second-order valence-corrected chi connectivity index (χ2v) is 4.61. The number of benzene rings is 1. The number of esters is 1. The zero-order valence-electron chi connectivity index (χ0n) is 12.5. The van der Waals surface area contributed by atoms with Crippen LogP contribution in [0.4, 0.5) is 0 Å². The molecule has 0 saturated carbocycles. The number of ether oxygens (including phenoxy) is 3. The van der Waals surface area contributed by atoms with E-state index in [1.54, 1.807) is 14.2 Å². The van der Waals surface area contributed by atoms with Crippen molar-refractivity contribution in [2.24, 2.45) is 5.92 Å². The summed E-state index contributed by atoms with van der Waals surface area (Å²) in [7, 11) is 3.29. The molecule has 4 heteroatoms. The summed E-state index contributed by atoms with van der Waals surface area (Å²) >= 11 is 0. The minimum Gasteiger partial charge on any atom is -0.497 e. The Kier molecular flexibility index (Phi) is 6.81. The van der Waals surface area contributed by atoms with E-state index in [0.29, 0.717) is 6.61 Å². The first-order valence-corrected chi connectivity index (χ1v) is 6.55. The van der Waals surface area contributed by atoms with Crippen molar-refractivity contribution in [1.29, 1.82) is 0 Å². The van der Waals surface area contributed by atoms with Gasteiger partial charge in [0, 0.05) is 20.0 Å². The molecule has 1 aromatic rings. The molecule has 110 valence electrons. The number of carbonyl (C=O) groups is 1. The lowest BCUT2D eigenvalue weighted by Crippen LogP contribution is -2.23. The Labute approximate surface area is 120 Å². The molecule has 0 aliphatic carbocycles. The van der Waals surface area contributed by atoms with Crippen molar-refractivity contribution in [3.63, 3.8) is 0 Å². The van der Waals surface area contributed by atoms with Crippen molar-refractivity contribution in [2.45, 2.75) is 20.0 Å². The molecule has 0 aromatic heterocycles. The third-order valence-electron chi connectivity index (χ3n) is 2.98. The maximum absolute atomic E-state index is 10.8. The van der Waals surface area contributed by atoms with Gasteiger partial charge < -0.3 is 14.2 Å². The van der Waals surface area contributed by atoms with E-state index in [1.165, 1.54) is 6.92 Å². The minimum absolute atomic E-state index is 0.0957. The number of methoxy groups -OCH3 is 2. The predicted octanol–water partition coefficient (Wildman–Crippen LogP) is 2.92. The summed E-state index contributed by atoms with van der Waals surface area (Å²) in [5, 5.41) is 0. The van der Waals surface area contributed by atoms with Crippen molar-refractivity contribution >= 4 is 12.0 Å². The number of rotatable bonds is 7.